The van der Waals surface area contributed by atoms with Crippen LogP contribution >= 0.6 is 0 Å². The summed E-state index contributed by atoms with van der Waals surface area (Å²) in [6.45, 7) is 5.52. The first-order valence-electron chi connectivity index (χ1n) is 16.0. The van der Waals surface area contributed by atoms with Crippen molar-refractivity contribution in [2.75, 3.05) is 46.6 Å². The van der Waals surface area contributed by atoms with Gasteiger partial charge in [0.05, 0.1) is 31.2 Å². The normalized spacial score (nSPS) is 42.3. The third-order valence-electron chi connectivity index (χ3n) is 12.8. The highest BCUT2D eigenvalue weighted by molar-refractivity contribution is 5.82. The Bertz CT molecular complexity index is 1010. The third kappa shape index (κ3) is 4.84. The van der Waals surface area contributed by atoms with E-state index in [4.69, 9.17) is 4.74 Å². The van der Waals surface area contributed by atoms with Crippen molar-refractivity contribution >= 4 is 5.91 Å². The second-order valence-corrected chi connectivity index (χ2v) is 14.9. The highest BCUT2D eigenvalue weighted by Crippen LogP contribution is 2.56. The molecule has 0 aromatic carbocycles. The van der Waals surface area contributed by atoms with Crippen molar-refractivity contribution in [2.24, 2.45) is 40.4 Å². The maximum Gasteiger partial charge on any atom is 0.392 e. The lowest BCUT2D eigenvalue weighted by Crippen LogP contribution is -2.63. The van der Waals surface area contributed by atoms with Crippen LogP contribution in [0.1, 0.15) is 64.7 Å². The number of hydrazine groups is 1. The van der Waals surface area contributed by atoms with E-state index in [0.29, 0.717) is 38.1 Å². The van der Waals surface area contributed by atoms with Gasteiger partial charge in [0.1, 0.15) is 12.3 Å². The largest absolute Gasteiger partial charge is 0.392 e. The molecular weight excluding hydrogens is 538 g/mol. The Balaban J connectivity index is 1.07. The van der Waals surface area contributed by atoms with E-state index in [1.54, 1.807) is 0 Å². The fraction of sp³-hybridized carbons (Fsp3) is 0.967. The Hall–Kier alpha value is -1.01. The summed E-state index contributed by atoms with van der Waals surface area (Å²) < 4.78 is 65.4. The predicted molar refractivity (Wildman–Crippen MR) is 145 cm³/mol. The molecule has 3 saturated carbocycles. The number of fused-ring (bicyclic) bond motifs is 1. The molecule has 4 aliphatic heterocycles. The Labute approximate surface area is 241 Å². The number of hydrogen-bond donors (Lipinski definition) is 2. The average molecular weight is 586 g/mol. The van der Waals surface area contributed by atoms with E-state index in [2.05, 4.69) is 22.7 Å². The predicted octanol–water partition coefficient (Wildman–Crippen LogP) is 3.76. The maximum absolute atomic E-state index is 16.1. The molecule has 4 saturated heterocycles. The lowest BCUT2D eigenvalue weighted by atomic mass is 9.63. The van der Waals surface area contributed by atoms with Gasteiger partial charge in [-0.1, -0.05) is 6.42 Å². The number of alkyl halides is 4. The summed E-state index contributed by atoms with van der Waals surface area (Å²) in [5.74, 6) is -2.82. The van der Waals surface area contributed by atoms with E-state index in [1.165, 1.54) is 12.8 Å². The zero-order chi connectivity index (χ0) is 28.7. The van der Waals surface area contributed by atoms with Crippen molar-refractivity contribution < 1.29 is 27.1 Å². The molecule has 0 bridgehead atoms. The molecule has 11 heteroatoms. The molecule has 7 fully saturated rings. The zero-order valence-electron chi connectivity index (χ0n) is 24.5. The molecule has 232 valence electrons. The van der Waals surface area contributed by atoms with Gasteiger partial charge in [-0.05, 0) is 95.1 Å². The second kappa shape index (κ2) is 10.3. The van der Waals surface area contributed by atoms with Crippen molar-refractivity contribution in [1.29, 1.82) is 0 Å². The zero-order valence-corrected chi connectivity index (χ0v) is 24.5. The van der Waals surface area contributed by atoms with E-state index >= 15 is 4.39 Å². The van der Waals surface area contributed by atoms with Gasteiger partial charge < -0.3 is 9.64 Å². The molecule has 2 N–H and O–H groups in total. The molecule has 0 radical (unpaired) electrons. The Morgan fingerprint density at radius 3 is 2.49 bits per heavy atom. The minimum Gasteiger partial charge on any atom is -0.380 e. The molecule has 9 atom stereocenters. The first-order chi connectivity index (χ1) is 19.5. The van der Waals surface area contributed by atoms with Gasteiger partial charge in [0.2, 0.25) is 5.91 Å². The number of likely N-dealkylation sites (tertiary alicyclic amines) is 2. The number of carbonyl (C=O) groups is 1. The fourth-order valence-corrected chi connectivity index (χ4v) is 9.77. The Morgan fingerprint density at radius 2 is 1.88 bits per heavy atom. The van der Waals surface area contributed by atoms with Crippen molar-refractivity contribution in [3.05, 3.63) is 0 Å². The number of amides is 1. The van der Waals surface area contributed by atoms with Gasteiger partial charge in [0.25, 0.3) is 0 Å². The van der Waals surface area contributed by atoms with Gasteiger partial charge in [-0.15, -0.1) is 0 Å². The average Bonchev–Trinajstić information content (AvgIpc) is 3.19. The van der Waals surface area contributed by atoms with Crippen LogP contribution in [0, 0.1) is 40.4 Å². The van der Waals surface area contributed by atoms with Gasteiger partial charge >= 0.3 is 6.18 Å². The van der Waals surface area contributed by atoms with Crippen molar-refractivity contribution in [2.45, 2.75) is 95.3 Å². The van der Waals surface area contributed by atoms with Gasteiger partial charge in [-0.25, -0.2) is 15.2 Å². The van der Waals surface area contributed by atoms with Crippen LogP contribution in [0.5, 0.6) is 0 Å². The molecule has 3 aliphatic carbocycles. The quantitative estimate of drug-likeness (QED) is 0.463. The second-order valence-electron chi connectivity index (χ2n) is 14.9. The summed E-state index contributed by atoms with van der Waals surface area (Å²) >= 11 is 0. The lowest BCUT2D eigenvalue weighted by molar-refractivity contribution is -0.206. The monoisotopic (exact) mass is 585 g/mol. The number of rotatable bonds is 6. The Morgan fingerprint density at radius 1 is 1.10 bits per heavy atom. The van der Waals surface area contributed by atoms with Crippen LogP contribution < -0.4 is 10.9 Å². The molecule has 0 aromatic heterocycles. The minimum atomic E-state index is -4.31. The van der Waals surface area contributed by atoms with Crippen LogP contribution in [0.3, 0.4) is 0 Å². The maximum atomic E-state index is 16.1. The van der Waals surface area contributed by atoms with Gasteiger partial charge in [0, 0.05) is 31.1 Å². The molecule has 41 heavy (non-hydrogen) atoms. The minimum absolute atomic E-state index is 0.0346. The Kier molecular flexibility index (Phi) is 7.21. The van der Waals surface area contributed by atoms with Gasteiger partial charge in [0.15, 0.2) is 0 Å². The van der Waals surface area contributed by atoms with Crippen LogP contribution in [0.25, 0.3) is 0 Å². The molecule has 1 spiro atoms. The lowest BCUT2D eigenvalue weighted by Gasteiger charge is -2.53. The number of halogens is 4. The standard InChI is InChI=1S/C30H47F4N5O2/c1-18(38-9-8-28(14-38)6-7-28)19-10-22-23(24(11-19)30(32,33)34)13-39(27(22)40)21-5-3-4-20(12-21)29(15-41-16-29)25(31)26-36-35-17-37(26)2/h18-26,35-36H,3-17H2,1-2H3/t18-,19?,20?,21?,22?,23?,24?,25+,26?/m1/s1. The van der Waals surface area contributed by atoms with Crippen LogP contribution in [-0.4, -0.2) is 97.8 Å². The number of carbonyl (C=O) groups excluding carboxylic acids is 1. The summed E-state index contributed by atoms with van der Waals surface area (Å²) in [5, 5.41) is 0. The number of hydrogen-bond acceptors (Lipinski definition) is 6. The smallest absolute Gasteiger partial charge is 0.380 e. The molecule has 1 amide bonds. The summed E-state index contributed by atoms with van der Waals surface area (Å²) in [5.41, 5.74) is 5.87. The molecule has 7 aliphatic rings. The number of nitrogens with zero attached hydrogens (tertiary/aromatic N) is 3. The van der Waals surface area contributed by atoms with Crippen molar-refractivity contribution in [3.63, 3.8) is 0 Å². The summed E-state index contributed by atoms with van der Waals surface area (Å²) in [6, 6.07) is -0.0551. The van der Waals surface area contributed by atoms with E-state index in [0.717, 1.165) is 38.8 Å². The third-order valence-corrected chi connectivity index (χ3v) is 12.8. The topological polar surface area (TPSA) is 60.1 Å². The molecule has 7 nitrogen and oxygen atoms in total. The fourth-order valence-electron chi connectivity index (χ4n) is 9.77. The molecule has 7 rings (SSSR count). The van der Waals surface area contributed by atoms with E-state index in [-0.39, 0.29) is 42.8 Å². The molecule has 7 unspecified atom stereocenters. The van der Waals surface area contributed by atoms with E-state index < -0.39 is 41.7 Å². The highest BCUT2D eigenvalue weighted by Gasteiger charge is 2.61. The highest BCUT2D eigenvalue weighted by atomic mass is 19.4. The van der Waals surface area contributed by atoms with E-state index in [1.807, 2.05) is 16.8 Å². The summed E-state index contributed by atoms with van der Waals surface area (Å²) in [4.78, 5) is 20.1. The molecule has 0 aromatic rings. The molecule has 4 heterocycles. The molecular formula is C30H47F4N5O2. The van der Waals surface area contributed by atoms with Crippen LogP contribution in [0.4, 0.5) is 17.6 Å². The van der Waals surface area contributed by atoms with Crippen LogP contribution in [-0.2, 0) is 9.53 Å². The van der Waals surface area contributed by atoms with Gasteiger partial charge in [-0.2, -0.15) is 13.2 Å². The van der Waals surface area contributed by atoms with Crippen molar-refractivity contribution in [1.82, 2.24) is 25.6 Å². The van der Waals surface area contributed by atoms with Crippen molar-refractivity contribution in [3.8, 4) is 0 Å². The first kappa shape index (κ1) is 28.7. The van der Waals surface area contributed by atoms with E-state index in [9.17, 15) is 18.0 Å². The SMILES string of the molecule is C[C@H](C1CC2C(=O)N(C3CCCC(C4([C@@H](F)C5NNCN5C)COC4)C3)CC2C(C(F)(F)F)C1)N1CCC2(CC2)C1. The number of nitrogens with one attached hydrogen (secondary N) is 2. The van der Waals surface area contributed by atoms with Crippen LogP contribution in [0.15, 0.2) is 0 Å². The van der Waals surface area contributed by atoms with Gasteiger partial charge in [-0.3, -0.25) is 14.6 Å². The summed E-state index contributed by atoms with van der Waals surface area (Å²) in [7, 11) is 1.88. The first-order valence-corrected chi connectivity index (χ1v) is 16.0. The van der Waals surface area contributed by atoms with Crippen LogP contribution in [0.2, 0.25) is 0 Å². The summed E-state index contributed by atoms with van der Waals surface area (Å²) in [6.07, 6.45) is 1.58. The number of ether oxygens (including phenoxy) is 1.